The largest absolute Gasteiger partial charge is 0.365 e. The minimum atomic E-state index is 0.426. The molecule has 0 spiro atoms. The SMILES string of the molecule is Cc1ccc(N2C3CCC2CC(N)C3)cc1C. The normalized spacial score (nSPS) is 31.9. The van der Waals surface area contributed by atoms with Crippen LogP contribution in [0, 0.1) is 13.8 Å². The first-order chi connectivity index (χ1) is 8.15. The molecule has 2 atom stereocenters. The number of fused-ring (bicyclic) bond motifs is 2. The first-order valence-electron chi connectivity index (χ1n) is 6.76. The number of anilines is 1. The molecule has 0 radical (unpaired) electrons. The average molecular weight is 230 g/mol. The maximum atomic E-state index is 6.12. The summed E-state index contributed by atoms with van der Waals surface area (Å²) in [6.07, 6.45) is 4.99. The Morgan fingerprint density at radius 3 is 2.29 bits per heavy atom. The number of nitrogens with two attached hydrogens (primary N) is 1. The van der Waals surface area contributed by atoms with E-state index in [2.05, 4.69) is 36.9 Å². The van der Waals surface area contributed by atoms with Crippen molar-refractivity contribution in [2.75, 3.05) is 4.90 Å². The third-order valence-electron chi connectivity index (χ3n) is 4.56. The molecule has 2 unspecified atom stereocenters. The Labute approximate surface area is 104 Å². The van der Waals surface area contributed by atoms with E-state index in [0.29, 0.717) is 18.1 Å². The highest BCUT2D eigenvalue weighted by Gasteiger charge is 2.39. The summed E-state index contributed by atoms with van der Waals surface area (Å²) in [5.41, 5.74) is 10.3. The van der Waals surface area contributed by atoms with Gasteiger partial charge in [0, 0.05) is 23.8 Å². The molecular formula is C15H22N2. The van der Waals surface area contributed by atoms with Crippen LogP contribution >= 0.6 is 0 Å². The Kier molecular flexibility index (Phi) is 2.62. The summed E-state index contributed by atoms with van der Waals surface area (Å²) in [7, 11) is 0. The summed E-state index contributed by atoms with van der Waals surface area (Å²) in [4.78, 5) is 2.63. The van der Waals surface area contributed by atoms with Crippen molar-refractivity contribution in [3.63, 3.8) is 0 Å². The number of benzene rings is 1. The highest BCUT2D eigenvalue weighted by Crippen LogP contribution is 2.39. The summed E-state index contributed by atoms with van der Waals surface area (Å²) in [6, 6.07) is 8.67. The van der Waals surface area contributed by atoms with Crippen LogP contribution in [0.1, 0.15) is 36.8 Å². The number of aryl methyl sites for hydroxylation is 2. The number of rotatable bonds is 1. The van der Waals surface area contributed by atoms with E-state index in [4.69, 9.17) is 5.73 Å². The smallest absolute Gasteiger partial charge is 0.0374 e. The molecule has 2 aliphatic heterocycles. The van der Waals surface area contributed by atoms with Crippen LogP contribution in [0.5, 0.6) is 0 Å². The lowest BCUT2D eigenvalue weighted by Crippen LogP contribution is -2.47. The maximum Gasteiger partial charge on any atom is 0.0374 e. The van der Waals surface area contributed by atoms with Gasteiger partial charge >= 0.3 is 0 Å². The Balaban J connectivity index is 1.92. The molecule has 2 nitrogen and oxygen atoms in total. The Morgan fingerprint density at radius 2 is 1.71 bits per heavy atom. The minimum absolute atomic E-state index is 0.426. The van der Waals surface area contributed by atoms with Crippen LogP contribution in [-0.2, 0) is 0 Å². The van der Waals surface area contributed by atoms with Crippen molar-refractivity contribution in [2.24, 2.45) is 5.73 Å². The minimum Gasteiger partial charge on any atom is -0.365 e. The Morgan fingerprint density at radius 1 is 1.06 bits per heavy atom. The zero-order valence-corrected chi connectivity index (χ0v) is 10.8. The molecule has 2 bridgehead atoms. The zero-order chi connectivity index (χ0) is 12.0. The van der Waals surface area contributed by atoms with Crippen LogP contribution < -0.4 is 10.6 Å². The molecular weight excluding hydrogens is 208 g/mol. The molecule has 2 saturated heterocycles. The van der Waals surface area contributed by atoms with Crippen molar-refractivity contribution in [1.29, 1.82) is 0 Å². The van der Waals surface area contributed by atoms with Crippen molar-refractivity contribution in [2.45, 2.75) is 57.7 Å². The lowest BCUT2D eigenvalue weighted by Gasteiger charge is -2.39. The van der Waals surface area contributed by atoms with E-state index in [1.54, 1.807) is 0 Å². The van der Waals surface area contributed by atoms with E-state index in [1.165, 1.54) is 42.5 Å². The van der Waals surface area contributed by atoms with Gasteiger partial charge in [0.1, 0.15) is 0 Å². The second-order valence-electron chi connectivity index (χ2n) is 5.79. The van der Waals surface area contributed by atoms with Crippen molar-refractivity contribution in [1.82, 2.24) is 0 Å². The van der Waals surface area contributed by atoms with Crippen molar-refractivity contribution in [3.8, 4) is 0 Å². The van der Waals surface area contributed by atoms with E-state index in [0.717, 1.165) is 0 Å². The van der Waals surface area contributed by atoms with E-state index in [9.17, 15) is 0 Å². The predicted octanol–water partition coefficient (Wildman–Crippen LogP) is 2.76. The second kappa shape index (κ2) is 4.02. The number of nitrogens with zero attached hydrogens (tertiary/aromatic N) is 1. The molecule has 2 fully saturated rings. The van der Waals surface area contributed by atoms with Crippen LogP contribution in [0.4, 0.5) is 5.69 Å². The van der Waals surface area contributed by atoms with Crippen molar-refractivity contribution < 1.29 is 0 Å². The van der Waals surface area contributed by atoms with Crippen LogP contribution in [0.15, 0.2) is 18.2 Å². The molecule has 0 aromatic heterocycles. The van der Waals surface area contributed by atoms with Gasteiger partial charge in [-0.2, -0.15) is 0 Å². The van der Waals surface area contributed by atoms with Gasteiger partial charge in [0.05, 0.1) is 0 Å². The van der Waals surface area contributed by atoms with Gasteiger partial charge in [0.15, 0.2) is 0 Å². The lowest BCUT2D eigenvalue weighted by molar-refractivity contribution is 0.414. The third kappa shape index (κ3) is 1.85. The molecule has 2 heterocycles. The lowest BCUT2D eigenvalue weighted by atomic mass is 9.97. The highest BCUT2D eigenvalue weighted by molar-refractivity contribution is 5.53. The van der Waals surface area contributed by atoms with Gasteiger partial charge in [-0.05, 0) is 62.8 Å². The van der Waals surface area contributed by atoms with Gasteiger partial charge in [0.2, 0.25) is 0 Å². The van der Waals surface area contributed by atoms with Crippen LogP contribution in [0.3, 0.4) is 0 Å². The van der Waals surface area contributed by atoms with E-state index >= 15 is 0 Å². The van der Waals surface area contributed by atoms with E-state index in [1.807, 2.05) is 0 Å². The molecule has 2 heteroatoms. The molecule has 3 rings (SSSR count). The monoisotopic (exact) mass is 230 g/mol. The summed E-state index contributed by atoms with van der Waals surface area (Å²) in [5.74, 6) is 0. The molecule has 0 saturated carbocycles. The predicted molar refractivity (Wildman–Crippen MR) is 72.4 cm³/mol. The Bertz CT molecular complexity index is 413. The van der Waals surface area contributed by atoms with Gasteiger partial charge in [-0.25, -0.2) is 0 Å². The number of hydrogen-bond acceptors (Lipinski definition) is 2. The number of hydrogen-bond donors (Lipinski definition) is 1. The first kappa shape index (κ1) is 11.1. The first-order valence-corrected chi connectivity index (χ1v) is 6.76. The van der Waals surface area contributed by atoms with Gasteiger partial charge in [-0.1, -0.05) is 6.07 Å². The van der Waals surface area contributed by atoms with Gasteiger partial charge in [0.25, 0.3) is 0 Å². The zero-order valence-electron chi connectivity index (χ0n) is 10.8. The fourth-order valence-corrected chi connectivity index (χ4v) is 3.53. The van der Waals surface area contributed by atoms with E-state index in [-0.39, 0.29) is 0 Å². The summed E-state index contributed by atoms with van der Waals surface area (Å²) >= 11 is 0. The molecule has 1 aromatic carbocycles. The topological polar surface area (TPSA) is 29.3 Å². The fraction of sp³-hybridized carbons (Fsp3) is 0.600. The molecule has 2 aliphatic rings. The van der Waals surface area contributed by atoms with Gasteiger partial charge in [-0.3, -0.25) is 0 Å². The fourth-order valence-electron chi connectivity index (χ4n) is 3.53. The van der Waals surface area contributed by atoms with Crippen molar-refractivity contribution in [3.05, 3.63) is 29.3 Å². The second-order valence-corrected chi connectivity index (χ2v) is 5.79. The summed E-state index contributed by atoms with van der Waals surface area (Å²) in [5, 5.41) is 0. The van der Waals surface area contributed by atoms with Crippen LogP contribution in [0.25, 0.3) is 0 Å². The van der Waals surface area contributed by atoms with E-state index < -0.39 is 0 Å². The number of piperidine rings is 1. The third-order valence-corrected chi connectivity index (χ3v) is 4.56. The standard InChI is InChI=1S/C15H22N2/c1-10-3-4-13(7-11(10)2)17-14-5-6-15(17)9-12(16)8-14/h3-4,7,12,14-15H,5-6,8-9,16H2,1-2H3. The summed E-state index contributed by atoms with van der Waals surface area (Å²) < 4.78 is 0. The van der Waals surface area contributed by atoms with Gasteiger partial charge in [-0.15, -0.1) is 0 Å². The maximum absolute atomic E-state index is 6.12. The molecule has 2 N–H and O–H groups in total. The average Bonchev–Trinajstić information content (AvgIpc) is 2.55. The van der Waals surface area contributed by atoms with Gasteiger partial charge < -0.3 is 10.6 Å². The molecule has 17 heavy (non-hydrogen) atoms. The molecule has 1 aromatic rings. The Hall–Kier alpha value is -1.02. The summed E-state index contributed by atoms with van der Waals surface area (Å²) in [6.45, 7) is 4.39. The molecule has 92 valence electrons. The quantitative estimate of drug-likeness (QED) is 0.804. The van der Waals surface area contributed by atoms with Crippen LogP contribution in [0.2, 0.25) is 0 Å². The van der Waals surface area contributed by atoms with Crippen LogP contribution in [-0.4, -0.2) is 18.1 Å². The highest BCUT2D eigenvalue weighted by atomic mass is 15.2. The van der Waals surface area contributed by atoms with Crippen molar-refractivity contribution >= 4 is 5.69 Å². The molecule has 0 aliphatic carbocycles. The molecule has 0 amide bonds.